The highest BCUT2D eigenvalue weighted by Gasteiger charge is 2.17. The van der Waals surface area contributed by atoms with Crippen LogP contribution in [0, 0.1) is 6.92 Å². The van der Waals surface area contributed by atoms with E-state index in [1.54, 1.807) is 10.7 Å². The minimum absolute atomic E-state index is 0.0352. The number of pyridine rings is 1. The molecule has 0 radical (unpaired) electrons. The molecule has 4 heterocycles. The van der Waals surface area contributed by atoms with E-state index in [4.69, 9.17) is 15.5 Å². The van der Waals surface area contributed by atoms with Crippen molar-refractivity contribution in [1.82, 2.24) is 24.6 Å². The maximum absolute atomic E-state index is 6.11. The van der Waals surface area contributed by atoms with Gasteiger partial charge in [-0.15, -0.1) is 5.10 Å². The van der Waals surface area contributed by atoms with E-state index in [2.05, 4.69) is 39.9 Å². The van der Waals surface area contributed by atoms with Crippen molar-refractivity contribution in [2.75, 3.05) is 23.7 Å². The molecule has 0 aliphatic carbocycles. The molecular formula is C22H31N7O. The SMILES string of the molecule is CCCC(C)Oc1nc(N)c2ncc(Cc3cnc(N4CCCCC4)c(C)c3)n2n1. The summed E-state index contributed by atoms with van der Waals surface area (Å²) in [7, 11) is 0. The smallest absolute Gasteiger partial charge is 0.336 e. The second-order valence-corrected chi connectivity index (χ2v) is 8.19. The fourth-order valence-electron chi connectivity index (χ4n) is 4.11. The van der Waals surface area contributed by atoms with Crippen molar-refractivity contribution >= 4 is 17.3 Å². The second kappa shape index (κ2) is 8.85. The number of nitrogens with two attached hydrogens (primary N) is 1. The highest BCUT2D eigenvalue weighted by atomic mass is 16.5. The summed E-state index contributed by atoms with van der Waals surface area (Å²) < 4.78 is 7.59. The van der Waals surface area contributed by atoms with Gasteiger partial charge < -0.3 is 15.4 Å². The Morgan fingerprint density at radius 1 is 1.17 bits per heavy atom. The molecule has 0 aromatic carbocycles. The van der Waals surface area contributed by atoms with Crippen molar-refractivity contribution in [3.05, 3.63) is 35.3 Å². The molecule has 160 valence electrons. The number of fused-ring (bicyclic) bond motifs is 1. The van der Waals surface area contributed by atoms with Gasteiger partial charge in [0.15, 0.2) is 11.5 Å². The number of ether oxygens (including phenoxy) is 1. The topological polar surface area (TPSA) is 94.5 Å². The fourth-order valence-corrected chi connectivity index (χ4v) is 4.11. The highest BCUT2D eigenvalue weighted by molar-refractivity contribution is 5.60. The lowest BCUT2D eigenvalue weighted by atomic mass is 10.1. The van der Waals surface area contributed by atoms with Crippen molar-refractivity contribution in [3.63, 3.8) is 0 Å². The number of anilines is 2. The van der Waals surface area contributed by atoms with Gasteiger partial charge in [0.2, 0.25) is 0 Å². The van der Waals surface area contributed by atoms with Gasteiger partial charge >= 0.3 is 6.01 Å². The average molecular weight is 410 g/mol. The molecule has 0 spiro atoms. The number of nitrogens with zero attached hydrogens (tertiary/aromatic N) is 6. The lowest BCUT2D eigenvalue weighted by Crippen LogP contribution is -2.30. The Balaban J connectivity index is 1.57. The van der Waals surface area contributed by atoms with E-state index in [0.29, 0.717) is 17.9 Å². The highest BCUT2D eigenvalue weighted by Crippen LogP contribution is 2.24. The van der Waals surface area contributed by atoms with Gasteiger partial charge in [-0.2, -0.15) is 4.98 Å². The third kappa shape index (κ3) is 4.32. The summed E-state index contributed by atoms with van der Waals surface area (Å²) in [5.41, 5.74) is 9.91. The van der Waals surface area contributed by atoms with Crippen molar-refractivity contribution in [1.29, 1.82) is 0 Å². The van der Waals surface area contributed by atoms with Gasteiger partial charge in [-0.3, -0.25) is 0 Å². The molecule has 1 aliphatic rings. The van der Waals surface area contributed by atoms with Crippen molar-refractivity contribution < 1.29 is 4.74 Å². The van der Waals surface area contributed by atoms with Crippen LogP contribution in [0.15, 0.2) is 18.5 Å². The Bertz CT molecular complexity index is 1010. The van der Waals surface area contributed by atoms with Crippen LogP contribution in [0.1, 0.15) is 62.8 Å². The molecule has 1 atom stereocenters. The molecule has 4 rings (SSSR count). The number of piperidine rings is 1. The Kier molecular flexibility index (Phi) is 6.01. The van der Waals surface area contributed by atoms with Crippen LogP contribution < -0.4 is 15.4 Å². The van der Waals surface area contributed by atoms with Crippen LogP contribution in [-0.2, 0) is 6.42 Å². The molecule has 1 unspecified atom stereocenters. The van der Waals surface area contributed by atoms with Crippen LogP contribution >= 0.6 is 0 Å². The number of nitrogen functional groups attached to an aromatic ring is 1. The van der Waals surface area contributed by atoms with Crippen LogP contribution in [0.25, 0.3) is 5.65 Å². The van der Waals surface area contributed by atoms with Crippen molar-refractivity contribution in [2.45, 2.75) is 65.4 Å². The standard InChI is InChI=1S/C22H31N7O/c1-4-8-16(3)30-22-26-19(23)21-25-14-18(29(21)27-22)12-17-11-15(2)20(24-13-17)28-9-6-5-7-10-28/h11,13-14,16H,4-10,12H2,1-3H3,(H2,23,26,27). The largest absolute Gasteiger partial charge is 0.459 e. The van der Waals surface area contributed by atoms with Crippen LogP contribution in [0.2, 0.25) is 0 Å². The first-order valence-electron chi connectivity index (χ1n) is 10.9. The fraction of sp³-hybridized carbons (Fsp3) is 0.545. The predicted molar refractivity (Wildman–Crippen MR) is 118 cm³/mol. The van der Waals surface area contributed by atoms with E-state index in [0.717, 1.165) is 43.0 Å². The zero-order valence-corrected chi connectivity index (χ0v) is 18.1. The molecule has 1 aliphatic heterocycles. The predicted octanol–water partition coefficient (Wildman–Crippen LogP) is 3.56. The molecule has 0 saturated carbocycles. The normalized spacial score (nSPS) is 15.5. The Labute approximate surface area is 177 Å². The van der Waals surface area contributed by atoms with E-state index in [-0.39, 0.29) is 12.1 Å². The molecule has 0 amide bonds. The van der Waals surface area contributed by atoms with Crippen LogP contribution in [0.3, 0.4) is 0 Å². The molecule has 1 fully saturated rings. The molecule has 1 saturated heterocycles. The summed E-state index contributed by atoms with van der Waals surface area (Å²) in [6.07, 6.45) is 10.2. The number of hydrogen-bond donors (Lipinski definition) is 1. The third-order valence-corrected chi connectivity index (χ3v) is 5.59. The minimum Gasteiger partial charge on any atom is -0.459 e. The summed E-state index contributed by atoms with van der Waals surface area (Å²) in [6, 6.07) is 2.50. The molecule has 0 bridgehead atoms. The number of aromatic nitrogens is 5. The average Bonchev–Trinajstić information content (AvgIpc) is 3.12. The summed E-state index contributed by atoms with van der Waals surface area (Å²) in [4.78, 5) is 15.8. The van der Waals surface area contributed by atoms with E-state index in [9.17, 15) is 0 Å². The second-order valence-electron chi connectivity index (χ2n) is 8.19. The van der Waals surface area contributed by atoms with E-state index in [1.165, 1.54) is 24.8 Å². The molecule has 30 heavy (non-hydrogen) atoms. The van der Waals surface area contributed by atoms with Crippen LogP contribution in [0.5, 0.6) is 6.01 Å². The van der Waals surface area contributed by atoms with Crippen molar-refractivity contribution in [3.8, 4) is 6.01 Å². The summed E-state index contributed by atoms with van der Waals surface area (Å²) in [6.45, 7) is 8.46. The van der Waals surface area contributed by atoms with Gasteiger partial charge in [0.25, 0.3) is 0 Å². The maximum Gasteiger partial charge on any atom is 0.336 e. The Morgan fingerprint density at radius 2 is 1.97 bits per heavy atom. The molecular weight excluding hydrogens is 378 g/mol. The quantitative estimate of drug-likeness (QED) is 0.637. The molecule has 2 N–H and O–H groups in total. The molecule has 8 nitrogen and oxygen atoms in total. The molecule has 3 aromatic heterocycles. The van der Waals surface area contributed by atoms with Gasteiger partial charge in [0, 0.05) is 25.7 Å². The van der Waals surface area contributed by atoms with Crippen molar-refractivity contribution in [2.24, 2.45) is 0 Å². The van der Waals surface area contributed by atoms with E-state index < -0.39 is 0 Å². The van der Waals surface area contributed by atoms with Gasteiger partial charge in [-0.25, -0.2) is 14.5 Å². The molecule has 3 aromatic rings. The van der Waals surface area contributed by atoms with Crippen LogP contribution in [0.4, 0.5) is 11.6 Å². The van der Waals surface area contributed by atoms with E-state index >= 15 is 0 Å². The summed E-state index contributed by atoms with van der Waals surface area (Å²) in [5, 5.41) is 4.54. The lowest BCUT2D eigenvalue weighted by molar-refractivity contribution is 0.189. The molecule has 8 heteroatoms. The van der Waals surface area contributed by atoms with Gasteiger partial charge in [0.05, 0.1) is 18.0 Å². The third-order valence-electron chi connectivity index (χ3n) is 5.59. The zero-order valence-electron chi connectivity index (χ0n) is 18.1. The maximum atomic E-state index is 6.11. The number of rotatable bonds is 7. The summed E-state index contributed by atoms with van der Waals surface area (Å²) in [5.74, 6) is 1.42. The first kappa shape index (κ1) is 20.4. The monoisotopic (exact) mass is 409 g/mol. The first-order valence-corrected chi connectivity index (χ1v) is 10.9. The lowest BCUT2D eigenvalue weighted by Gasteiger charge is -2.29. The number of hydrogen-bond acceptors (Lipinski definition) is 7. The van der Waals surface area contributed by atoms with Crippen LogP contribution in [-0.4, -0.2) is 43.8 Å². The van der Waals surface area contributed by atoms with E-state index in [1.807, 2.05) is 13.1 Å². The van der Waals surface area contributed by atoms with Gasteiger partial charge in [-0.1, -0.05) is 19.4 Å². The zero-order chi connectivity index (χ0) is 21.1. The number of imidazole rings is 1. The van der Waals surface area contributed by atoms with Gasteiger partial charge in [-0.05, 0) is 50.7 Å². The first-order chi connectivity index (χ1) is 14.5. The Hall–Kier alpha value is -2.90. The Morgan fingerprint density at radius 3 is 2.70 bits per heavy atom. The summed E-state index contributed by atoms with van der Waals surface area (Å²) >= 11 is 0. The minimum atomic E-state index is 0.0352. The van der Waals surface area contributed by atoms with Gasteiger partial charge in [0.1, 0.15) is 5.82 Å². The number of aryl methyl sites for hydroxylation is 1.